The third-order valence-electron chi connectivity index (χ3n) is 1.71. The van der Waals surface area contributed by atoms with Crippen LogP contribution >= 0.6 is 0 Å². The maximum Gasteiger partial charge on any atom is 0.0278 e. The summed E-state index contributed by atoms with van der Waals surface area (Å²) in [5.74, 6) is 0. The van der Waals surface area contributed by atoms with Crippen molar-refractivity contribution in [2.45, 2.75) is 6.42 Å². The normalized spacial score (nSPS) is 9.33. The summed E-state index contributed by atoms with van der Waals surface area (Å²) in [6.07, 6.45) is 4.84. The maximum absolute atomic E-state index is 3.16. The first-order chi connectivity index (χ1) is 5.45. The molecular formula is C9H10N2Ti. The Morgan fingerprint density at radius 1 is 0.917 bits per heavy atom. The molecule has 0 saturated carbocycles. The zero-order chi connectivity index (χ0) is 7.52. The fourth-order valence-electron chi connectivity index (χ4n) is 1.16. The topological polar surface area (TPSA) is 31.6 Å². The number of aromatic amines is 2. The zero-order valence-corrected chi connectivity index (χ0v) is 8.23. The van der Waals surface area contributed by atoms with Gasteiger partial charge >= 0.3 is 0 Å². The van der Waals surface area contributed by atoms with Crippen LogP contribution in [-0.2, 0) is 28.1 Å². The molecule has 60 valence electrons. The van der Waals surface area contributed by atoms with Crippen LogP contribution in [-0.4, -0.2) is 9.97 Å². The van der Waals surface area contributed by atoms with Gasteiger partial charge in [0.2, 0.25) is 0 Å². The van der Waals surface area contributed by atoms with Gasteiger partial charge < -0.3 is 9.97 Å². The summed E-state index contributed by atoms with van der Waals surface area (Å²) in [5, 5.41) is 0. The van der Waals surface area contributed by atoms with Crippen LogP contribution in [0.2, 0.25) is 0 Å². The third kappa shape index (κ3) is 2.13. The monoisotopic (exact) mass is 194 g/mol. The average Bonchev–Trinajstić information content (AvgIpc) is 2.60. The summed E-state index contributed by atoms with van der Waals surface area (Å²) in [6.45, 7) is 0. The summed E-state index contributed by atoms with van der Waals surface area (Å²) in [6, 6.07) is 8.19. The van der Waals surface area contributed by atoms with Crippen molar-refractivity contribution in [1.29, 1.82) is 0 Å². The van der Waals surface area contributed by atoms with Crippen molar-refractivity contribution in [2.75, 3.05) is 0 Å². The Morgan fingerprint density at radius 2 is 1.42 bits per heavy atom. The minimum Gasteiger partial charge on any atom is -0.365 e. The van der Waals surface area contributed by atoms with Crippen molar-refractivity contribution in [3.8, 4) is 0 Å². The molecule has 2 N–H and O–H groups in total. The number of nitrogens with one attached hydrogen (secondary N) is 2. The Bertz CT molecular complexity index is 265. The van der Waals surface area contributed by atoms with E-state index in [0.29, 0.717) is 0 Å². The van der Waals surface area contributed by atoms with Crippen LogP contribution in [0.1, 0.15) is 11.4 Å². The van der Waals surface area contributed by atoms with Crippen LogP contribution in [0.25, 0.3) is 0 Å². The van der Waals surface area contributed by atoms with Crippen molar-refractivity contribution >= 4 is 0 Å². The van der Waals surface area contributed by atoms with E-state index in [0.717, 1.165) is 6.42 Å². The van der Waals surface area contributed by atoms with E-state index in [4.69, 9.17) is 0 Å². The standard InChI is InChI=1S/C9H10N2.Ti/c1-3-8(10-5-1)7-9-4-2-6-11-9;/h1-6,10-11H,7H2;. The molecule has 0 fully saturated rings. The second kappa shape index (κ2) is 4.34. The van der Waals surface area contributed by atoms with Gasteiger partial charge in [0.25, 0.3) is 0 Å². The molecule has 2 aromatic heterocycles. The number of H-pyrrole nitrogens is 2. The van der Waals surface area contributed by atoms with Gasteiger partial charge in [-0.2, -0.15) is 0 Å². The van der Waals surface area contributed by atoms with Crippen molar-refractivity contribution in [3.05, 3.63) is 48.0 Å². The molecule has 0 unspecified atom stereocenters. The van der Waals surface area contributed by atoms with Gasteiger partial charge in [-0.15, -0.1) is 0 Å². The van der Waals surface area contributed by atoms with Crippen LogP contribution < -0.4 is 0 Å². The Morgan fingerprint density at radius 3 is 1.75 bits per heavy atom. The number of rotatable bonds is 2. The Kier molecular flexibility index (Phi) is 3.38. The number of aromatic nitrogens is 2. The summed E-state index contributed by atoms with van der Waals surface area (Å²) in [5.41, 5.74) is 2.49. The van der Waals surface area contributed by atoms with Crippen molar-refractivity contribution < 1.29 is 21.7 Å². The second-order valence-electron chi connectivity index (χ2n) is 2.57. The SMILES string of the molecule is [Ti].c1c[nH]c(Cc2ccc[nH]2)c1. The Hall–Kier alpha value is -0.726. The Labute approximate surface area is 86.3 Å². The molecular weight excluding hydrogens is 184 g/mol. The predicted molar refractivity (Wildman–Crippen MR) is 44.4 cm³/mol. The molecule has 0 aromatic carbocycles. The van der Waals surface area contributed by atoms with E-state index < -0.39 is 0 Å². The maximum atomic E-state index is 3.16. The first kappa shape index (κ1) is 9.36. The molecule has 0 amide bonds. The second-order valence-corrected chi connectivity index (χ2v) is 2.57. The fraction of sp³-hybridized carbons (Fsp3) is 0.111. The predicted octanol–water partition coefficient (Wildman–Crippen LogP) is 1.93. The molecule has 2 aromatic rings. The molecule has 2 rings (SSSR count). The molecule has 0 atom stereocenters. The van der Waals surface area contributed by atoms with E-state index >= 15 is 0 Å². The van der Waals surface area contributed by atoms with E-state index in [-0.39, 0.29) is 21.7 Å². The first-order valence-corrected chi connectivity index (χ1v) is 3.70. The number of hydrogen-bond donors (Lipinski definition) is 2. The fourth-order valence-corrected chi connectivity index (χ4v) is 1.16. The summed E-state index contributed by atoms with van der Waals surface area (Å²) in [7, 11) is 0. The van der Waals surface area contributed by atoms with E-state index in [9.17, 15) is 0 Å². The molecule has 12 heavy (non-hydrogen) atoms. The molecule has 3 heteroatoms. The van der Waals surface area contributed by atoms with Crippen molar-refractivity contribution in [1.82, 2.24) is 9.97 Å². The Balaban J connectivity index is 0.000000720. The third-order valence-corrected chi connectivity index (χ3v) is 1.71. The van der Waals surface area contributed by atoms with Gasteiger partial charge in [0.15, 0.2) is 0 Å². The quantitative estimate of drug-likeness (QED) is 0.684. The molecule has 0 aliphatic carbocycles. The molecule has 2 heterocycles. The van der Waals surface area contributed by atoms with Crippen molar-refractivity contribution in [2.24, 2.45) is 0 Å². The van der Waals surface area contributed by atoms with Crippen LogP contribution in [0.5, 0.6) is 0 Å². The van der Waals surface area contributed by atoms with E-state index in [1.54, 1.807) is 0 Å². The van der Waals surface area contributed by atoms with E-state index in [1.165, 1.54) is 11.4 Å². The van der Waals surface area contributed by atoms with E-state index in [1.807, 2.05) is 24.5 Å². The van der Waals surface area contributed by atoms with Crippen molar-refractivity contribution in [3.63, 3.8) is 0 Å². The zero-order valence-electron chi connectivity index (χ0n) is 6.67. The minimum absolute atomic E-state index is 0. The summed E-state index contributed by atoms with van der Waals surface area (Å²) in [4.78, 5) is 6.31. The van der Waals surface area contributed by atoms with Crippen LogP contribution in [0.3, 0.4) is 0 Å². The van der Waals surface area contributed by atoms with Gasteiger partial charge in [-0.05, 0) is 24.3 Å². The van der Waals surface area contributed by atoms with Crippen LogP contribution in [0.4, 0.5) is 0 Å². The summed E-state index contributed by atoms with van der Waals surface area (Å²) >= 11 is 0. The smallest absolute Gasteiger partial charge is 0.0278 e. The van der Waals surface area contributed by atoms with Gasteiger partial charge in [-0.1, -0.05) is 0 Å². The van der Waals surface area contributed by atoms with E-state index in [2.05, 4.69) is 22.1 Å². The molecule has 0 radical (unpaired) electrons. The van der Waals surface area contributed by atoms with Crippen LogP contribution in [0, 0.1) is 0 Å². The molecule has 0 aliphatic rings. The molecule has 0 bridgehead atoms. The average molecular weight is 194 g/mol. The molecule has 0 aliphatic heterocycles. The largest absolute Gasteiger partial charge is 0.365 e. The van der Waals surface area contributed by atoms with Gasteiger partial charge in [-0.3, -0.25) is 0 Å². The summed E-state index contributed by atoms with van der Waals surface area (Å²) < 4.78 is 0. The van der Waals surface area contributed by atoms with Gasteiger partial charge in [0.1, 0.15) is 0 Å². The van der Waals surface area contributed by atoms with Gasteiger partial charge in [-0.25, -0.2) is 0 Å². The first-order valence-electron chi connectivity index (χ1n) is 3.70. The number of hydrogen-bond acceptors (Lipinski definition) is 0. The van der Waals surface area contributed by atoms with Gasteiger partial charge in [0.05, 0.1) is 0 Å². The van der Waals surface area contributed by atoms with Gasteiger partial charge in [0, 0.05) is 51.9 Å². The molecule has 2 nitrogen and oxygen atoms in total. The molecule has 0 saturated heterocycles. The van der Waals surface area contributed by atoms with Crippen LogP contribution in [0.15, 0.2) is 36.7 Å². The molecule has 0 spiro atoms. The minimum atomic E-state index is 0.